The van der Waals surface area contributed by atoms with Crippen molar-refractivity contribution in [2.24, 2.45) is 0 Å². The van der Waals surface area contributed by atoms with E-state index in [-0.39, 0.29) is 0 Å². The maximum Gasteiger partial charge on any atom is 0.126 e. The summed E-state index contributed by atoms with van der Waals surface area (Å²) < 4.78 is 0. The summed E-state index contributed by atoms with van der Waals surface area (Å²) in [6, 6.07) is 6.46. The first-order valence-corrected chi connectivity index (χ1v) is 5.00. The van der Waals surface area contributed by atoms with E-state index in [4.69, 9.17) is 0 Å². The number of nitrogens with one attached hydrogen (secondary N) is 1. The van der Waals surface area contributed by atoms with Crippen LogP contribution in [0.1, 0.15) is 33.1 Å². The second-order valence-corrected chi connectivity index (χ2v) is 3.40. The number of rotatable bonds is 5. The largest absolute Gasteiger partial charge is 0.368 e. The van der Waals surface area contributed by atoms with Crippen molar-refractivity contribution in [2.45, 2.75) is 39.2 Å². The van der Waals surface area contributed by atoms with Gasteiger partial charge in [-0.2, -0.15) is 0 Å². The molecule has 0 aromatic carbocycles. The van der Waals surface area contributed by atoms with E-state index in [0.717, 1.165) is 5.82 Å². The number of anilines is 1. The quantitative estimate of drug-likeness (QED) is 0.749. The molecule has 2 heteroatoms. The van der Waals surface area contributed by atoms with E-state index in [1.165, 1.54) is 19.3 Å². The van der Waals surface area contributed by atoms with Crippen LogP contribution in [0.25, 0.3) is 0 Å². The molecule has 1 aromatic rings. The number of aromatic nitrogens is 1. The summed E-state index contributed by atoms with van der Waals surface area (Å²) >= 11 is 0. The molecule has 72 valence electrons. The zero-order chi connectivity index (χ0) is 9.52. The smallest absolute Gasteiger partial charge is 0.126 e. The van der Waals surface area contributed by atoms with E-state index in [1.807, 2.05) is 24.4 Å². The van der Waals surface area contributed by atoms with Crippen molar-refractivity contribution in [3.05, 3.63) is 24.4 Å². The van der Waals surface area contributed by atoms with Crippen molar-refractivity contribution in [3.63, 3.8) is 0 Å². The van der Waals surface area contributed by atoms with Crippen LogP contribution in [0.15, 0.2) is 24.4 Å². The average molecular weight is 178 g/mol. The van der Waals surface area contributed by atoms with Crippen molar-refractivity contribution in [3.8, 4) is 0 Å². The molecule has 0 aliphatic rings. The Bertz CT molecular complexity index is 221. The minimum absolute atomic E-state index is 0.523. The number of hydrogen-bond donors (Lipinski definition) is 1. The van der Waals surface area contributed by atoms with Gasteiger partial charge in [0.05, 0.1) is 0 Å². The maximum atomic E-state index is 4.22. The van der Waals surface area contributed by atoms with Gasteiger partial charge in [-0.1, -0.05) is 25.8 Å². The Morgan fingerprint density at radius 3 is 2.92 bits per heavy atom. The lowest BCUT2D eigenvalue weighted by Gasteiger charge is -2.13. The van der Waals surface area contributed by atoms with E-state index in [1.54, 1.807) is 0 Å². The van der Waals surface area contributed by atoms with Crippen molar-refractivity contribution in [1.29, 1.82) is 0 Å². The highest BCUT2D eigenvalue weighted by molar-refractivity contribution is 5.33. The summed E-state index contributed by atoms with van der Waals surface area (Å²) in [5, 5.41) is 3.37. The molecule has 0 amide bonds. The normalized spacial score (nSPS) is 12.5. The van der Waals surface area contributed by atoms with E-state index in [9.17, 15) is 0 Å². The summed E-state index contributed by atoms with van der Waals surface area (Å²) in [5.74, 6) is 0.978. The zero-order valence-corrected chi connectivity index (χ0v) is 8.46. The fourth-order valence-electron chi connectivity index (χ4n) is 1.28. The Balaban J connectivity index is 2.32. The number of nitrogens with zero attached hydrogens (tertiary/aromatic N) is 1. The lowest BCUT2D eigenvalue weighted by atomic mass is 10.1. The highest BCUT2D eigenvalue weighted by Crippen LogP contribution is 2.07. The van der Waals surface area contributed by atoms with Crippen LogP contribution in [0.3, 0.4) is 0 Å². The Labute approximate surface area is 80.4 Å². The van der Waals surface area contributed by atoms with E-state index >= 15 is 0 Å². The van der Waals surface area contributed by atoms with Gasteiger partial charge in [0.15, 0.2) is 0 Å². The van der Waals surface area contributed by atoms with Crippen LogP contribution in [0.2, 0.25) is 0 Å². The highest BCUT2D eigenvalue weighted by atomic mass is 15.0. The molecular formula is C11H18N2. The van der Waals surface area contributed by atoms with Gasteiger partial charge in [-0.25, -0.2) is 4.98 Å². The molecule has 0 fully saturated rings. The Morgan fingerprint density at radius 2 is 2.31 bits per heavy atom. The predicted molar refractivity (Wildman–Crippen MR) is 56.8 cm³/mol. The molecule has 0 saturated carbocycles. The van der Waals surface area contributed by atoms with Crippen LogP contribution in [0.5, 0.6) is 0 Å². The second kappa shape index (κ2) is 5.57. The number of pyridine rings is 1. The van der Waals surface area contributed by atoms with Crippen LogP contribution in [-0.4, -0.2) is 11.0 Å². The van der Waals surface area contributed by atoms with Gasteiger partial charge in [-0.15, -0.1) is 0 Å². The first kappa shape index (κ1) is 10.0. The summed E-state index contributed by atoms with van der Waals surface area (Å²) in [7, 11) is 0. The fourth-order valence-corrected chi connectivity index (χ4v) is 1.28. The van der Waals surface area contributed by atoms with Gasteiger partial charge in [0.1, 0.15) is 5.82 Å². The topological polar surface area (TPSA) is 24.9 Å². The monoisotopic (exact) mass is 178 g/mol. The van der Waals surface area contributed by atoms with Gasteiger partial charge in [-0.05, 0) is 25.5 Å². The zero-order valence-electron chi connectivity index (χ0n) is 8.46. The standard InChI is InChI=1S/C11H18N2/c1-3-4-7-10(2)13-11-8-5-6-9-12-11/h5-6,8-10H,3-4,7H2,1-2H3,(H,12,13). The van der Waals surface area contributed by atoms with Crippen LogP contribution < -0.4 is 5.32 Å². The predicted octanol–water partition coefficient (Wildman–Crippen LogP) is 3.07. The first-order chi connectivity index (χ1) is 6.33. The first-order valence-electron chi connectivity index (χ1n) is 5.00. The molecule has 13 heavy (non-hydrogen) atoms. The third-order valence-corrected chi connectivity index (χ3v) is 2.05. The summed E-state index contributed by atoms with van der Waals surface area (Å²) in [4.78, 5) is 4.22. The second-order valence-electron chi connectivity index (χ2n) is 3.40. The summed E-state index contributed by atoms with van der Waals surface area (Å²) in [5.41, 5.74) is 0. The third kappa shape index (κ3) is 3.92. The Hall–Kier alpha value is -1.05. The van der Waals surface area contributed by atoms with Crippen molar-refractivity contribution < 1.29 is 0 Å². The molecular weight excluding hydrogens is 160 g/mol. The average Bonchev–Trinajstić information content (AvgIpc) is 2.16. The minimum Gasteiger partial charge on any atom is -0.368 e. The molecule has 0 radical (unpaired) electrons. The van der Waals surface area contributed by atoms with Crippen molar-refractivity contribution in [1.82, 2.24) is 4.98 Å². The lowest BCUT2D eigenvalue weighted by molar-refractivity contribution is 0.643. The molecule has 0 bridgehead atoms. The van der Waals surface area contributed by atoms with E-state index in [0.29, 0.717) is 6.04 Å². The van der Waals surface area contributed by atoms with Crippen LogP contribution >= 0.6 is 0 Å². The van der Waals surface area contributed by atoms with Crippen molar-refractivity contribution in [2.75, 3.05) is 5.32 Å². The highest BCUT2D eigenvalue weighted by Gasteiger charge is 2.00. The SMILES string of the molecule is CCCCC(C)Nc1ccccn1. The van der Waals surface area contributed by atoms with E-state index < -0.39 is 0 Å². The molecule has 0 aliphatic carbocycles. The van der Waals surface area contributed by atoms with Crippen molar-refractivity contribution >= 4 is 5.82 Å². The molecule has 1 N–H and O–H groups in total. The molecule has 1 atom stereocenters. The van der Waals surface area contributed by atoms with Gasteiger partial charge in [0, 0.05) is 12.2 Å². The van der Waals surface area contributed by atoms with Crippen LogP contribution in [-0.2, 0) is 0 Å². The molecule has 0 aliphatic heterocycles. The minimum atomic E-state index is 0.523. The van der Waals surface area contributed by atoms with Crippen LogP contribution in [0.4, 0.5) is 5.82 Å². The number of hydrogen-bond acceptors (Lipinski definition) is 2. The Morgan fingerprint density at radius 1 is 1.46 bits per heavy atom. The van der Waals surface area contributed by atoms with Gasteiger partial charge in [0.25, 0.3) is 0 Å². The van der Waals surface area contributed by atoms with Gasteiger partial charge < -0.3 is 5.32 Å². The fraction of sp³-hybridized carbons (Fsp3) is 0.545. The molecule has 0 saturated heterocycles. The van der Waals surface area contributed by atoms with E-state index in [2.05, 4.69) is 24.1 Å². The van der Waals surface area contributed by atoms with Gasteiger partial charge in [-0.3, -0.25) is 0 Å². The molecule has 1 unspecified atom stereocenters. The third-order valence-electron chi connectivity index (χ3n) is 2.05. The van der Waals surface area contributed by atoms with Crippen LogP contribution in [0, 0.1) is 0 Å². The molecule has 0 spiro atoms. The lowest BCUT2D eigenvalue weighted by Crippen LogP contribution is -2.15. The molecule has 1 aromatic heterocycles. The summed E-state index contributed by atoms with van der Waals surface area (Å²) in [6.45, 7) is 4.41. The maximum absolute atomic E-state index is 4.22. The van der Waals surface area contributed by atoms with Gasteiger partial charge >= 0.3 is 0 Å². The number of unbranched alkanes of at least 4 members (excludes halogenated alkanes) is 1. The summed E-state index contributed by atoms with van der Waals surface area (Å²) in [6.07, 6.45) is 5.57. The molecule has 1 rings (SSSR count). The molecule has 2 nitrogen and oxygen atoms in total. The molecule has 1 heterocycles. The Kier molecular flexibility index (Phi) is 4.30. The van der Waals surface area contributed by atoms with Gasteiger partial charge in [0.2, 0.25) is 0 Å².